The van der Waals surface area contributed by atoms with E-state index in [1.165, 1.54) is 16.7 Å². The first-order valence-corrected chi connectivity index (χ1v) is 6.50. The van der Waals surface area contributed by atoms with Crippen LogP contribution in [0.4, 0.5) is 0 Å². The van der Waals surface area contributed by atoms with E-state index in [1.807, 2.05) is 6.92 Å². The summed E-state index contributed by atoms with van der Waals surface area (Å²) in [6.45, 7) is 7.59. The van der Waals surface area contributed by atoms with Crippen LogP contribution in [0.1, 0.15) is 23.6 Å². The molecule has 94 valence electrons. The molecule has 2 rings (SSSR count). The highest BCUT2D eigenvalue weighted by Gasteiger charge is 2.08. The maximum atomic E-state index is 5.29. The van der Waals surface area contributed by atoms with Crippen molar-refractivity contribution in [2.75, 3.05) is 26.3 Å². The molecule has 0 radical (unpaired) electrons. The lowest BCUT2D eigenvalue weighted by atomic mass is 9.98. The molecule has 0 saturated heterocycles. The quantitative estimate of drug-likeness (QED) is 0.731. The fraction of sp³-hybridized carbons (Fsp3) is 0.571. The Morgan fingerprint density at radius 3 is 3.18 bits per heavy atom. The van der Waals surface area contributed by atoms with Gasteiger partial charge in [0.05, 0.1) is 6.61 Å². The van der Waals surface area contributed by atoms with E-state index in [1.54, 1.807) is 0 Å². The van der Waals surface area contributed by atoms with Gasteiger partial charge in [0, 0.05) is 26.2 Å². The second kappa shape index (κ2) is 6.74. The highest BCUT2D eigenvalue weighted by molar-refractivity contribution is 5.33. The van der Waals surface area contributed by atoms with E-state index in [9.17, 15) is 0 Å². The van der Waals surface area contributed by atoms with Gasteiger partial charge in [-0.15, -0.1) is 0 Å². The van der Waals surface area contributed by atoms with Crippen molar-refractivity contribution in [2.24, 2.45) is 0 Å². The van der Waals surface area contributed by atoms with Crippen molar-refractivity contribution in [3.8, 4) is 0 Å². The summed E-state index contributed by atoms with van der Waals surface area (Å²) >= 11 is 0. The number of benzene rings is 1. The van der Waals surface area contributed by atoms with Crippen LogP contribution in [0, 0.1) is 0 Å². The maximum Gasteiger partial charge on any atom is 0.0590 e. The predicted octanol–water partition coefficient (Wildman–Crippen LogP) is 1.46. The molecular weight excluding hydrogens is 212 g/mol. The molecule has 0 atom stereocenters. The van der Waals surface area contributed by atoms with Crippen LogP contribution in [0.2, 0.25) is 0 Å². The topological polar surface area (TPSA) is 33.3 Å². The highest BCUT2D eigenvalue weighted by atomic mass is 16.5. The van der Waals surface area contributed by atoms with Crippen LogP contribution in [0.5, 0.6) is 0 Å². The van der Waals surface area contributed by atoms with Gasteiger partial charge in [-0.2, -0.15) is 0 Å². The van der Waals surface area contributed by atoms with Crippen LogP contribution in [-0.4, -0.2) is 26.3 Å². The van der Waals surface area contributed by atoms with E-state index in [-0.39, 0.29) is 0 Å². The summed E-state index contributed by atoms with van der Waals surface area (Å²) in [7, 11) is 0. The Morgan fingerprint density at radius 1 is 1.35 bits per heavy atom. The van der Waals surface area contributed by atoms with Crippen LogP contribution >= 0.6 is 0 Å². The van der Waals surface area contributed by atoms with Gasteiger partial charge in [0.1, 0.15) is 0 Å². The molecule has 3 heteroatoms. The lowest BCUT2D eigenvalue weighted by Gasteiger charge is -2.18. The van der Waals surface area contributed by atoms with Gasteiger partial charge < -0.3 is 15.4 Å². The third-order valence-electron chi connectivity index (χ3n) is 3.11. The Balaban J connectivity index is 1.81. The third kappa shape index (κ3) is 3.80. The molecule has 0 unspecified atom stereocenters. The van der Waals surface area contributed by atoms with Gasteiger partial charge in [-0.3, -0.25) is 0 Å². The summed E-state index contributed by atoms with van der Waals surface area (Å²) < 4.78 is 5.29. The average Bonchev–Trinajstić information content (AvgIpc) is 2.38. The first-order valence-electron chi connectivity index (χ1n) is 6.50. The van der Waals surface area contributed by atoms with E-state index in [4.69, 9.17) is 4.74 Å². The lowest BCUT2D eigenvalue weighted by Crippen LogP contribution is -2.24. The molecule has 1 aliphatic rings. The summed E-state index contributed by atoms with van der Waals surface area (Å²) in [6, 6.07) is 6.82. The molecule has 1 aliphatic heterocycles. The molecule has 3 nitrogen and oxygen atoms in total. The third-order valence-corrected chi connectivity index (χ3v) is 3.11. The summed E-state index contributed by atoms with van der Waals surface area (Å²) in [5, 5.41) is 6.81. The van der Waals surface area contributed by atoms with Gasteiger partial charge in [0.25, 0.3) is 0 Å². The minimum Gasteiger partial charge on any atom is -0.380 e. The van der Waals surface area contributed by atoms with Crippen LogP contribution in [-0.2, 0) is 24.2 Å². The molecule has 17 heavy (non-hydrogen) atoms. The lowest BCUT2D eigenvalue weighted by molar-refractivity contribution is 0.149. The predicted molar refractivity (Wildman–Crippen MR) is 70.1 cm³/mol. The van der Waals surface area contributed by atoms with Crippen molar-refractivity contribution in [2.45, 2.75) is 26.4 Å². The number of hydrogen-bond acceptors (Lipinski definition) is 3. The SMILES string of the molecule is CCOCCNCc1ccc2c(c1)CNCC2. The van der Waals surface area contributed by atoms with E-state index >= 15 is 0 Å². The number of hydrogen-bond donors (Lipinski definition) is 2. The Labute approximate surface area is 104 Å². The van der Waals surface area contributed by atoms with Crippen LogP contribution in [0.3, 0.4) is 0 Å². The van der Waals surface area contributed by atoms with Crippen LogP contribution in [0.25, 0.3) is 0 Å². The summed E-state index contributed by atoms with van der Waals surface area (Å²) in [5.41, 5.74) is 4.33. The van der Waals surface area contributed by atoms with Crippen molar-refractivity contribution >= 4 is 0 Å². The Hall–Kier alpha value is -0.900. The van der Waals surface area contributed by atoms with Gasteiger partial charge >= 0.3 is 0 Å². The maximum absolute atomic E-state index is 5.29. The van der Waals surface area contributed by atoms with Gasteiger partial charge in [-0.05, 0) is 36.6 Å². The minimum absolute atomic E-state index is 0.795. The van der Waals surface area contributed by atoms with Crippen LogP contribution in [0.15, 0.2) is 18.2 Å². The molecule has 1 heterocycles. The number of fused-ring (bicyclic) bond motifs is 1. The second-order valence-corrected chi connectivity index (χ2v) is 4.40. The molecule has 0 fully saturated rings. The molecule has 0 aromatic heterocycles. The zero-order valence-corrected chi connectivity index (χ0v) is 10.6. The first-order chi connectivity index (χ1) is 8.40. The van der Waals surface area contributed by atoms with Crippen molar-refractivity contribution < 1.29 is 4.74 Å². The summed E-state index contributed by atoms with van der Waals surface area (Å²) in [5.74, 6) is 0. The normalized spacial score (nSPS) is 14.6. The molecule has 0 amide bonds. The van der Waals surface area contributed by atoms with Crippen molar-refractivity contribution in [1.82, 2.24) is 10.6 Å². The number of rotatable bonds is 6. The zero-order chi connectivity index (χ0) is 11.9. The van der Waals surface area contributed by atoms with Crippen molar-refractivity contribution in [1.29, 1.82) is 0 Å². The average molecular weight is 234 g/mol. The molecule has 0 saturated carbocycles. The number of ether oxygens (including phenoxy) is 1. The fourth-order valence-electron chi connectivity index (χ4n) is 2.17. The molecule has 1 aromatic rings. The van der Waals surface area contributed by atoms with E-state index < -0.39 is 0 Å². The smallest absolute Gasteiger partial charge is 0.0590 e. The van der Waals surface area contributed by atoms with E-state index in [0.29, 0.717) is 0 Å². The molecular formula is C14H22N2O. The van der Waals surface area contributed by atoms with Gasteiger partial charge in [-0.1, -0.05) is 18.2 Å². The van der Waals surface area contributed by atoms with E-state index in [0.717, 1.165) is 45.8 Å². The minimum atomic E-state index is 0.795. The second-order valence-electron chi connectivity index (χ2n) is 4.40. The fourth-order valence-corrected chi connectivity index (χ4v) is 2.17. The number of nitrogens with one attached hydrogen (secondary N) is 2. The summed E-state index contributed by atoms with van der Waals surface area (Å²) in [4.78, 5) is 0. The standard InChI is InChI=1S/C14H22N2O/c1-2-17-8-7-16-10-12-3-4-13-5-6-15-11-14(13)9-12/h3-4,9,15-16H,2,5-8,10-11H2,1H3. The Bertz CT molecular complexity index is 352. The summed E-state index contributed by atoms with van der Waals surface area (Å²) in [6.07, 6.45) is 1.16. The largest absolute Gasteiger partial charge is 0.380 e. The molecule has 0 spiro atoms. The molecule has 0 bridgehead atoms. The van der Waals surface area contributed by atoms with Gasteiger partial charge in [0.2, 0.25) is 0 Å². The highest BCUT2D eigenvalue weighted by Crippen LogP contribution is 2.15. The van der Waals surface area contributed by atoms with Crippen molar-refractivity contribution in [3.63, 3.8) is 0 Å². The first kappa shape index (κ1) is 12.6. The molecule has 1 aromatic carbocycles. The van der Waals surface area contributed by atoms with Gasteiger partial charge in [0.15, 0.2) is 0 Å². The zero-order valence-electron chi connectivity index (χ0n) is 10.6. The Kier molecular flexibility index (Phi) is 4.98. The van der Waals surface area contributed by atoms with Gasteiger partial charge in [-0.25, -0.2) is 0 Å². The molecule has 0 aliphatic carbocycles. The van der Waals surface area contributed by atoms with Crippen LogP contribution < -0.4 is 10.6 Å². The monoisotopic (exact) mass is 234 g/mol. The Morgan fingerprint density at radius 2 is 2.29 bits per heavy atom. The molecule has 2 N–H and O–H groups in total. The van der Waals surface area contributed by atoms with E-state index in [2.05, 4.69) is 28.8 Å². The van der Waals surface area contributed by atoms with Crippen molar-refractivity contribution in [3.05, 3.63) is 34.9 Å².